The van der Waals surface area contributed by atoms with Crippen molar-refractivity contribution < 1.29 is 14.6 Å². The minimum Gasteiger partial charge on any atom is -0.394 e. The molecule has 14 heavy (non-hydrogen) atoms. The summed E-state index contributed by atoms with van der Waals surface area (Å²) < 4.78 is 4.92. The summed E-state index contributed by atoms with van der Waals surface area (Å²) in [5, 5.41) is 9.05. The van der Waals surface area contributed by atoms with E-state index >= 15 is 0 Å². The van der Waals surface area contributed by atoms with Gasteiger partial charge >= 0.3 is 0 Å². The van der Waals surface area contributed by atoms with Gasteiger partial charge < -0.3 is 14.7 Å². The number of piperazine rings is 1. The monoisotopic (exact) mass is 202 g/mol. The van der Waals surface area contributed by atoms with Crippen LogP contribution in [0.5, 0.6) is 0 Å². The highest BCUT2D eigenvalue weighted by Gasteiger charge is 2.31. The Morgan fingerprint density at radius 3 is 2.86 bits per heavy atom. The number of amides is 1. The normalized spacial score (nSPS) is 24.4. The number of aliphatic hydroxyl groups excluding tert-OH is 1. The maximum atomic E-state index is 11.7. The molecule has 5 heteroatoms. The van der Waals surface area contributed by atoms with E-state index in [0.717, 1.165) is 13.1 Å². The highest BCUT2D eigenvalue weighted by atomic mass is 16.5. The summed E-state index contributed by atoms with van der Waals surface area (Å²) in [4.78, 5) is 15.4. The van der Waals surface area contributed by atoms with Gasteiger partial charge in [-0.1, -0.05) is 0 Å². The number of nitrogens with zero attached hydrogens (tertiary/aromatic N) is 2. The van der Waals surface area contributed by atoms with Gasteiger partial charge in [-0.05, 0) is 7.05 Å². The molecule has 1 heterocycles. The van der Waals surface area contributed by atoms with Gasteiger partial charge in [-0.25, -0.2) is 0 Å². The third kappa shape index (κ3) is 2.43. The predicted octanol–water partition coefficient (Wildman–Crippen LogP) is -1.23. The first-order valence-corrected chi connectivity index (χ1v) is 4.79. The van der Waals surface area contributed by atoms with Crippen molar-refractivity contribution in [2.24, 2.45) is 0 Å². The maximum Gasteiger partial charge on any atom is 0.242 e. The molecule has 0 radical (unpaired) electrons. The summed E-state index contributed by atoms with van der Waals surface area (Å²) in [5.74, 6) is -0.00157. The van der Waals surface area contributed by atoms with Crippen LogP contribution in [0.1, 0.15) is 0 Å². The quantitative estimate of drug-likeness (QED) is 0.620. The second kappa shape index (κ2) is 5.29. The van der Waals surface area contributed by atoms with Gasteiger partial charge in [0.25, 0.3) is 0 Å². The van der Waals surface area contributed by atoms with Crippen LogP contribution in [0.25, 0.3) is 0 Å². The van der Waals surface area contributed by atoms with Crippen LogP contribution >= 0.6 is 0 Å². The van der Waals surface area contributed by atoms with E-state index in [2.05, 4.69) is 0 Å². The number of carbonyl (C=O) groups excluding carboxylic acids is 1. The fourth-order valence-electron chi connectivity index (χ4n) is 1.58. The molecule has 1 unspecified atom stereocenters. The van der Waals surface area contributed by atoms with Crippen molar-refractivity contribution in [2.75, 3.05) is 47.0 Å². The summed E-state index contributed by atoms with van der Waals surface area (Å²) in [7, 11) is 3.47. The SMILES string of the molecule is COCCN1CCN(C)C(CO)C1=O. The largest absolute Gasteiger partial charge is 0.394 e. The summed E-state index contributed by atoms with van der Waals surface area (Å²) in [6, 6.07) is -0.374. The van der Waals surface area contributed by atoms with E-state index in [1.807, 2.05) is 11.9 Å². The van der Waals surface area contributed by atoms with E-state index in [1.54, 1.807) is 12.0 Å². The molecule has 0 aromatic heterocycles. The Labute approximate surface area is 84.2 Å². The van der Waals surface area contributed by atoms with Crippen LogP contribution in [0.2, 0.25) is 0 Å². The van der Waals surface area contributed by atoms with E-state index in [0.29, 0.717) is 13.2 Å². The zero-order valence-electron chi connectivity index (χ0n) is 8.77. The lowest BCUT2D eigenvalue weighted by molar-refractivity contribution is -0.143. The van der Waals surface area contributed by atoms with Gasteiger partial charge in [0.15, 0.2) is 0 Å². The molecule has 82 valence electrons. The second-order valence-electron chi connectivity index (χ2n) is 3.50. The van der Waals surface area contributed by atoms with Crippen LogP contribution in [0.4, 0.5) is 0 Å². The lowest BCUT2D eigenvalue weighted by atomic mass is 10.2. The Balaban J connectivity index is 2.50. The molecule has 0 aromatic rings. The lowest BCUT2D eigenvalue weighted by Crippen LogP contribution is -2.57. The lowest BCUT2D eigenvalue weighted by Gasteiger charge is -2.37. The van der Waals surface area contributed by atoms with Crippen LogP contribution in [-0.4, -0.2) is 73.9 Å². The van der Waals surface area contributed by atoms with Gasteiger partial charge in [-0.3, -0.25) is 9.69 Å². The van der Waals surface area contributed by atoms with Crippen molar-refractivity contribution in [1.29, 1.82) is 0 Å². The van der Waals surface area contributed by atoms with Crippen LogP contribution in [0, 0.1) is 0 Å². The second-order valence-corrected chi connectivity index (χ2v) is 3.50. The topological polar surface area (TPSA) is 53.0 Å². The molecule has 1 rings (SSSR count). The van der Waals surface area contributed by atoms with Crippen molar-refractivity contribution >= 4 is 5.91 Å². The zero-order valence-corrected chi connectivity index (χ0v) is 8.77. The Bertz CT molecular complexity index is 196. The third-order valence-electron chi connectivity index (χ3n) is 2.59. The molecule has 1 saturated heterocycles. The van der Waals surface area contributed by atoms with Crippen molar-refractivity contribution in [1.82, 2.24) is 9.80 Å². The minimum absolute atomic E-state index is 0.00157. The van der Waals surface area contributed by atoms with E-state index < -0.39 is 0 Å². The van der Waals surface area contributed by atoms with Gasteiger partial charge in [0.2, 0.25) is 5.91 Å². The molecule has 1 aliphatic heterocycles. The number of hydrogen-bond donors (Lipinski definition) is 1. The minimum atomic E-state index is -0.374. The summed E-state index contributed by atoms with van der Waals surface area (Å²) >= 11 is 0. The first kappa shape index (κ1) is 11.4. The van der Waals surface area contributed by atoms with Crippen molar-refractivity contribution in [3.63, 3.8) is 0 Å². The maximum absolute atomic E-state index is 11.7. The summed E-state index contributed by atoms with van der Waals surface area (Å²) in [6.45, 7) is 2.57. The molecule has 0 aliphatic carbocycles. The van der Waals surface area contributed by atoms with Crippen molar-refractivity contribution in [3.05, 3.63) is 0 Å². The number of aliphatic hydroxyl groups is 1. The smallest absolute Gasteiger partial charge is 0.242 e. The van der Waals surface area contributed by atoms with Gasteiger partial charge in [-0.2, -0.15) is 0 Å². The molecular formula is C9H18N2O3. The molecule has 1 N–H and O–H groups in total. The van der Waals surface area contributed by atoms with E-state index in [4.69, 9.17) is 9.84 Å². The Morgan fingerprint density at radius 1 is 1.57 bits per heavy atom. The fourth-order valence-corrected chi connectivity index (χ4v) is 1.58. The summed E-state index contributed by atoms with van der Waals surface area (Å²) in [5.41, 5.74) is 0. The van der Waals surface area contributed by atoms with Crippen molar-refractivity contribution in [2.45, 2.75) is 6.04 Å². The van der Waals surface area contributed by atoms with E-state index in [1.165, 1.54) is 0 Å². The van der Waals surface area contributed by atoms with Crippen molar-refractivity contribution in [3.8, 4) is 0 Å². The molecule has 0 bridgehead atoms. The predicted molar refractivity (Wildman–Crippen MR) is 52.0 cm³/mol. The van der Waals surface area contributed by atoms with Gasteiger partial charge in [-0.15, -0.1) is 0 Å². The number of ether oxygens (including phenoxy) is 1. The molecule has 0 spiro atoms. The average molecular weight is 202 g/mol. The number of methoxy groups -OCH3 is 1. The van der Waals surface area contributed by atoms with Crippen LogP contribution in [0.15, 0.2) is 0 Å². The Morgan fingerprint density at radius 2 is 2.29 bits per heavy atom. The van der Waals surface area contributed by atoms with E-state index in [-0.39, 0.29) is 18.6 Å². The molecule has 1 fully saturated rings. The van der Waals surface area contributed by atoms with E-state index in [9.17, 15) is 4.79 Å². The zero-order chi connectivity index (χ0) is 10.6. The average Bonchev–Trinajstić information content (AvgIpc) is 2.18. The summed E-state index contributed by atoms with van der Waals surface area (Å²) in [6.07, 6.45) is 0. The van der Waals surface area contributed by atoms with Crippen LogP contribution < -0.4 is 0 Å². The number of likely N-dealkylation sites (N-methyl/N-ethyl adjacent to an activating group) is 1. The molecule has 1 amide bonds. The molecule has 0 aromatic carbocycles. The van der Waals surface area contributed by atoms with Crippen LogP contribution in [0.3, 0.4) is 0 Å². The standard InChI is InChI=1S/C9H18N2O3/c1-10-3-4-11(5-6-14-2)9(13)8(10)7-12/h8,12H,3-7H2,1-2H3. The number of rotatable bonds is 4. The fraction of sp³-hybridized carbons (Fsp3) is 0.889. The van der Waals surface area contributed by atoms with Gasteiger partial charge in [0.05, 0.1) is 13.2 Å². The first-order chi connectivity index (χ1) is 6.70. The highest BCUT2D eigenvalue weighted by molar-refractivity contribution is 5.82. The molecule has 0 saturated carbocycles. The molecule has 1 aliphatic rings. The Hall–Kier alpha value is -0.650. The third-order valence-corrected chi connectivity index (χ3v) is 2.59. The number of hydrogen-bond acceptors (Lipinski definition) is 4. The van der Waals surface area contributed by atoms with Crippen LogP contribution in [-0.2, 0) is 9.53 Å². The highest BCUT2D eigenvalue weighted by Crippen LogP contribution is 2.08. The first-order valence-electron chi connectivity index (χ1n) is 4.79. The Kier molecular flexibility index (Phi) is 4.31. The number of carbonyl (C=O) groups is 1. The molecule has 5 nitrogen and oxygen atoms in total. The van der Waals surface area contributed by atoms with Gasteiger partial charge in [0, 0.05) is 26.7 Å². The molecule has 1 atom stereocenters. The molecular weight excluding hydrogens is 184 g/mol. The van der Waals surface area contributed by atoms with Gasteiger partial charge in [0.1, 0.15) is 6.04 Å².